The maximum atomic E-state index is 12.6. The molecule has 1 aliphatic heterocycles. The Hall–Kier alpha value is -4.70. The van der Waals surface area contributed by atoms with E-state index in [0.29, 0.717) is 54.5 Å². The van der Waals surface area contributed by atoms with Crippen molar-refractivity contribution in [3.63, 3.8) is 0 Å². The molecule has 0 atom stereocenters. The molecule has 10 heteroatoms. The van der Waals surface area contributed by atoms with Crippen LogP contribution in [0.4, 0.5) is 0 Å². The average Bonchev–Trinajstić information content (AvgIpc) is 3.37. The van der Waals surface area contributed by atoms with Crippen LogP contribution in [0.1, 0.15) is 10.4 Å². The molecule has 2 amide bonds. The molecule has 37 heavy (non-hydrogen) atoms. The molecule has 0 unspecified atom stereocenters. The highest BCUT2D eigenvalue weighted by Gasteiger charge is 2.20. The summed E-state index contributed by atoms with van der Waals surface area (Å²) in [5.74, 6) is 0.176. The van der Waals surface area contributed by atoms with Crippen molar-refractivity contribution in [2.45, 2.75) is 0 Å². The lowest BCUT2D eigenvalue weighted by Crippen LogP contribution is -2.45. The molecule has 0 bridgehead atoms. The Morgan fingerprint density at radius 1 is 0.865 bits per heavy atom. The standard InChI is InChI=1S/C27H25N5O5/c33-22-7-3-1-5-20(22)25-29-26(21-6-2-4-8-23(21)34)32(30-25)19-11-9-18(10-12-19)27(36)28-17-24(35)31-13-15-37-16-14-31/h1-12,33-34H,13-17H2,(H,28,36). The molecule has 0 saturated carbocycles. The molecule has 1 aliphatic rings. The summed E-state index contributed by atoms with van der Waals surface area (Å²) in [6, 6.07) is 20.1. The highest BCUT2D eigenvalue weighted by molar-refractivity contribution is 5.96. The molecule has 188 valence electrons. The van der Waals surface area contributed by atoms with E-state index in [1.54, 1.807) is 82.4 Å². The number of aromatic nitrogens is 3. The number of rotatable bonds is 6. The zero-order chi connectivity index (χ0) is 25.8. The number of phenolic OH excluding ortho intramolecular Hbond substituents is 2. The van der Waals surface area contributed by atoms with Gasteiger partial charge in [-0.2, -0.15) is 0 Å². The van der Waals surface area contributed by atoms with Crippen molar-refractivity contribution in [3.05, 3.63) is 78.4 Å². The van der Waals surface area contributed by atoms with E-state index in [9.17, 15) is 19.8 Å². The minimum absolute atomic E-state index is 0.0286. The van der Waals surface area contributed by atoms with E-state index in [-0.39, 0.29) is 35.7 Å². The quantitative estimate of drug-likeness (QED) is 0.372. The van der Waals surface area contributed by atoms with Gasteiger partial charge in [0.2, 0.25) is 5.91 Å². The fourth-order valence-electron chi connectivity index (χ4n) is 4.04. The van der Waals surface area contributed by atoms with Crippen molar-refractivity contribution in [1.82, 2.24) is 25.0 Å². The number of benzene rings is 3. The summed E-state index contributed by atoms with van der Waals surface area (Å²) >= 11 is 0. The predicted octanol–water partition coefficient (Wildman–Crippen LogP) is 2.60. The van der Waals surface area contributed by atoms with E-state index >= 15 is 0 Å². The Morgan fingerprint density at radius 2 is 1.49 bits per heavy atom. The third-order valence-corrected chi connectivity index (χ3v) is 6.04. The highest BCUT2D eigenvalue weighted by Crippen LogP contribution is 2.33. The monoisotopic (exact) mass is 499 g/mol. The molecule has 4 aromatic rings. The Kier molecular flexibility index (Phi) is 6.82. The van der Waals surface area contributed by atoms with E-state index in [0.717, 1.165) is 0 Å². The van der Waals surface area contributed by atoms with Crippen LogP contribution in [0.5, 0.6) is 11.5 Å². The van der Waals surface area contributed by atoms with Crippen LogP contribution in [-0.4, -0.2) is 74.5 Å². The van der Waals surface area contributed by atoms with Crippen molar-refractivity contribution in [3.8, 4) is 40.0 Å². The second-order valence-electron chi connectivity index (χ2n) is 8.43. The van der Waals surface area contributed by atoms with Crippen LogP contribution in [0.3, 0.4) is 0 Å². The van der Waals surface area contributed by atoms with Crippen LogP contribution < -0.4 is 5.32 Å². The van der Waals surface area contributed by atoms with Gasteiger partial charge in [-0.3, -0.25) is 9.59 Å². The fraction of sp³-hybridized carbons (Fsp3) is 0.185. The number of hydrogen-bond donors (Lipinski definition) is 3. The van der Waals surface area contributed by atoms with Gasteiger partial charge in [0, 0.05) is 18.7 Å². The summed E-state index contributed by atoms with van der Waals surface area (Å²) in [5.41, 5.74) is 1.87. The summed E-state index contributed by atoms with van der Waals surface area (Å²) < 4.78 is 6.79. The maximum absolute atomic E-state index is 12.6. The highest BCUT2D eigenvalue weighted by atomic mass is 16.5. The fourth-order valence-corrected chi connectivity index (χ4v) is 4.04. The minimum atomic E-state index is -0.373. The topological polar surface area (TPSA) is 130 Å². The van der Waals surface area contributed by atoms with Gasteiger partial charge >= 0.3 is 0 Å². The molecule has 1 aromatic heterocycles. The van der Waals surface area contributed by atoms with Crippen LogP contribution in [0.2, 0.25) is 0 Å². The first-order chi connectivity index (χ1) is 18.0. The zero-order valence-corrected chi connectivity index (χ0v) is 19.9. The largest absolute Gasteiger partial charge is 0.507 e. The van der Waals surface area contributed by atoms with Crippen molar-refractivity contribution >= 4 is 11.8 Å². The van der Waals surface area contributed by atoms with E-state index in [1.807, 2.05) is 0 Å². The minimum Gasteiger partial charge on any atom is -0.507 e. The third kappa shape index (κ3) is 5.14. The van der Waals surface area contributed by atoms with Gasteiger partial charge in [-0.1, -0.05) is 24.3 Å². The zero-order valence-electron chi connectivity index (χ0n) is 19.9. The first kappa shape index (κ1) is 24.0. The number of nitrogens with zero attached hydrogens (tertiary/aromatic N) is 4. The third-order valence-electron chi connectivity index (χ3n) is 6.04. The Morgan fingerprint density at radius 3 is 2.14 bits per heavy atom. The molecule has 0 spiro atoms. The number of morpholine rings is 1. The molecule has 1 fully saturated rings. The normalized spacial score (nSPS) is 13.4. The van der Waals surface area contributed by atoms with Gasteiger partial charge < -0.3 is 25.2 Å². The molecule has 3 aromatic carbocycles. The van der Waals surface area contributed by atoms with Crippen LogP contribution >= 0.6 is 0 Å². The maximum Gasteiger partial charge on any atom is 0.251 e. The average molecular weight is 500 g/mol. The number of hydrogen-bond acceptors (Lipinski definition) is 7. The second kappa shape index (κ2) is 10.5. The smallest absolute Gasteiger partial charge is 0.251 e. The van der Waals surface area contributed by atoms with Crippen molar-refractivity contribution in [2.75, 3.05) is 32.8 Å². The van der Waals surface area contributed by atoms with E-state index in [1.165, 1.54) is 0 Å². The summed E-state index contributed by atoms with van der Waals surface area (Å²) in [5, 5.41) is 28.0. The number of nitrogens with one attached hydrogen (secondary N) is 1. The van der Waals surface area contributed by atoms with Crippen LogP contribution in [0, 0.1) is 0 Å². The van der Waals surface area contributed by atoms with E-state index in [2.05, 4.69) is 15.4 Å². The molecule has 5 rings (SSSR count). The van der Waals surface area contributed by atoms with Gasteiger partial charge in [0.05, 0.1) is 36.6 Å². The summed E-state index contributed by atoms with van der Waals surface area (Å²) in [4.78, 5) is 31.2. The van der Waals surface area contributed by atoms with Crippen molar-refractivity contribution in [2.24, 2.45) is 0 Å². The molecule has 0 aliphatic carbocycles. The number of amides is 2. The lowest BCUT2D eigenvalue weighted by molar-refractivity contribution is -0.134. The predicted molar refractivity (Wildman–Crippen MR) is 135 cm³/mol. The SMILES string of the molecule is O=C(NCC(=O)N1CCOCC1)c1ccc(-n2nc(-c3ccccc3O)nc2-c2ccccc2O)cc1. The van der Waals surface area contributed by atoms with Gasteiger partial charge in [-0.15, -0.1) is 5.10 Å². The summed E-state index contributed by atoms with van der Waals surface area (Å²) in [6.45, 7) is 1.94. The summed E-state index contributed by atoms with van der Waals surface area (Å²) in [7, 11) is 0. The number of ether oxygens (including phenoxy) is 1. The van der Waals surface area contributed by atoms with Crippen LogP contribution in [0.25, 0.3) is 28.5 Å². The van der Waals surface area contributed by atoms with E-state index in [4.69, 9.17) is 4.74 Å². The Labute approximate surface area is 212 Å². The van der Waals surface area contributed by atoms with Crippen molar-refractivity contribution in [1.29, 1.82) is 0 Å². The van der Waals surface area contributed by atoms with Crippen molar-refractivity contribution < 1.29 is 24.5 Å². The molecular formula is C27H25N5O5. The molecule has 3 N–H and O–H groups in total. The van der Waals surface area contributed by atoms with Gasteiger partial charge in [0.25, 0.3) is 5.91 Å². The molecule has 10 nitrogen and oxygen atoms in total. The Bertz CT molecular complexity index is 1430. The first-order valence-corrected chi connectivity index (χ1v) is 11.8. The van der Waals surface area contributed by atoms with E-state index < -0.39 is 0 Å². The molecule has 0 radical (unpaired) electrons. The van der Waals surface area contributed by atoms with Gasteiger partial charge in [0.1, 0.15) is 11.5 Å². The molecule has 1 saturated heterocycles. The van der Waals surface area contributed by atoms with Crippen LogP contribution in [0.15, 0.2) is 72.8 Å². The number of carbonyl (C=O) groups is 2. The van der Waals surface area contributed by atoms with Gasteiger partial charge in [-0.05, 0) is 48.5 Å². The first-order valence-electron chi connectivity index (χ1n) is 11.8. The van der Waals surface area contributed by atoms with Gasteiger partial charge in [-0.25, -0.2) is 9.67 Å². The number of phenols is 2. The van der Waals surface area contributed by atoms with Gasteiger partial charge in [0.15, 0.2) is 11.6 Å². The summed E-state index contributed by atoms with van der Waals surface area (Å²) in [6.07, 6.45) is 0. The number of aromatic hydroxyl groups is 2. The lowest BCUT2D eigenvalue weighted by Gasteiger charge is -2.26. The number of carbonyl (C=O) groups excluding carboxylic acids is 2. The molecule has 2 heterocycles. The Balaban J connectivity index is 1.40. The second-order valence-corrected chi connectivity index (χ2v) is 8.43. The number of para-hydroxylation sites is 2. The molecular weight excluding hydrogens is 474 g/mol. The lowest BCUT2D eigenvalue weighted by atomic mass is 10.1. The van der Waals surface area contributed by atoms with Crippen LogP contribution in [-0.2, 0) is 9.53 Å².